The van der Waals surface area contributed by atoms with Crippen LogP contribution < -0.4 is 5.32 Å². The second-order valence-corrected chi connectivity index (χ2v) is 5.09. The van der Waals surface area contributed by atoms with Crippen molar-refractivity contribution in [3.63, 3.8) is 0 Å². The van der Waals surface area contributed by atoms with Crippen molar-refractivity contribution in [1.82, 2.24) is 10.2 Å². The average molecular weight is 283 g/mol. The SMILES string of the molecule is Cl.O=C1OCC[C@@]2(CCNC2)N1Cc1ccccc1. The fraction of sp³-hybridized carbons (Fsp3) is 0.500. The van der Waals surface area contributed by atoms with E-state index in [0.29, 0.717) is 13.2 Å². The molecule has 19 heavy (non-hydrogen) atoms. The molecule has 1 aromatic rings. The highest BCUT2D eigenvalue weighted by molar-refractivity contribution is 5.85. The summed E-state index contributed by atoms with van der Waals surface area (Å²) >= 11 is 0. The van der Waals surface area contributed by atoms with Crippen LogP contribution in [0.3, 0.4) is 0 Å². The van der Waals surface area contributed by atoms with Crippen molar-refractivity contribution in [2.75, 3.05) is 19.7 Å². The van der Waals surface area contributed by atoms with Gasteiger partial charge in [-0.2, -0.15) is 0 Å². The Morgan fingerprint density at radius 3 is 2.74 bits per heavy atom. The first-order valence-corrected chi connectivity index (χ1v) is 6.49. The average Bonchev–Trinajstić information content (AvgIpc) is 2.85. The standard InChI is InChI=1S/C14H18N2O2.ClH/c17-13-16(10-12-4-2-1-3-5-12)14(7-9-18-13)6-8-15-11-14;/h1-5,15H,6-11H2;1H/t14-;/m1./s1. The second kappa shape index (κ2) is 5.80. The molecule has 1 aromatic carbocycles. The number of carbonyl (C=O) groups is 1. The molecular formula is C14H19ClN2O2. The molecule has 0 radical (unpaired) electrons. The van der Waals surface area contributed by atoms with Crippen LogP contribution in [0.2, 0.25) is 0 Å². The number of hydrogen-bond acceptors (Lipinski definition) is 3. The van der Waals surface area contributed by atoms with E-state index in [4.69, 9.17) is 4.74 Å². The first kappa shape index (κ1) is 14.2. The minimum Gasteiger partial charge on any atom is -0.449 e. The number of rotatable bonds is 2. The van der Waals surface area contributed by atoms with Crippen molar-refractivity contribution in [3.8, 4) is 0 Å². The van der Waals surface area contributed by atoms with Gasteiger partial charge in [0.2, 0.25) is 0 Å². The lowest BCUT2D eigenvalue weighted by Gasteiger charge is -2.43. The molecule has 0 unspecified atom stereocenters. The third kappa shape index (κ3) is 2.69. The summed E-state index contributed by atoms with van der Waals surface area (Å²) < 4.78 is 5.21. The van der Waals surface area contributed by atoms with E-state index in [0.717, 1.165) is 31.5 Å². The predicted octanol–water partition coefficient (Wildman–Crippen LogP) is 2.18. The summed E-state index contributed by atoms with van der Waals surface area (Å²) in [4.78, 5) is 13.9. The molecule has 0 bridgehead atoms. The van der Waals surface area contributed by atoms with Crippen molar-refractivity contribution >= 4 is 18.5 Å². The number of nitrogens with zero attached hydrogens (tertiary/aromatic N) is 1. The van der Waals surface area contributed by atoms with Gasteiger partial charge >= 0.3 is 6.09 Å². The fourth-order valence-corrected chi connectivity index (χ4v) is 2.91. The first-order valence-electron chi connectivity index (χ1n) is 6.49. The van der Waals surface area contributed by atoms with E-state index in [-0.39, 0.29) is 24.0 Å². The second-order valence-electron chi connectivity index (χ2n) is 5.09. The molecule has 2 aliphatic rings. The Hall–Kier alpha value is -1.26. The van der Waals surface area contributed by atoms with Gasteiger partial charge in [0.15, 0.2) is 0 Å². The Labute approximate surface area is 119 Å². The Balaban J connectivity index is 0.00000133. The van der Waals surface area contributed by atoms with Gasteiger partial charge in [-0.25, -0.2) is 4.79 Å². The molecule has 104 valence electrons. The molecule has 5 heteroatoms. The van der Waals surface area contributed by atoms with Gasteiger partial charge in [-0.15, -0.1) is 12.4 Å². The van der Waals surface area contributed by atoms with E-state index in [1.165, 1.54) is 0 Å². The van der Waals surface area contributed by atoms with Gasteiger partial charge in [0.25, 0.3) is 0 Å². The zero-order valence-electron chi connectivity index (χ0n) is 10.8. The summed E-state index contributed by atoms with van der Waals surface area (Å²) in [6.07, 6.45) is 1.78. The van der Waals surface area contributed by atoms with Gasteiger partial charge in [-0.1, -0.05) is 30.3 Å². The number of halogens is 1. The highest BCUT2D eigenvalue weighted by atomic mass is 35.5. The van der Waals surface area contributed by atoms with Gasteiger partial charge < -0.3 is 10.1 Å². The molecule has 1 spiro atoms. The summed E-state index contributed by atoms with van der Waals surface area (Å²) in [5, 5.41) is 3.37. The zero-order chi connectivity index (χ0) is 12.4. The highest BCUT2D eigenvalue weighted by Gasteiger charge is 2.45. The minimum atomic E-state index is -0.172. The molecule has 1 amide bonds. The van der Waals surface area contributed by atoms with E-state index in [1.54, 1.807) is 0 Å². The number of amides is 1. The Bertz CT molecular complexity index is 432. The minimum absolute atomic E-state index is 0. The molecule has 4 nitrogen and oxygen atoms in total. The molecule has 2 heterocycles. The lowest BCUT2D eigenvalue weighted by Crippen LogP contribution is -2.56. The van der Waals surface area contributed by atoms with Gasteiger partial charge in [0.1, 0.15) is 0 Å². The lowest BCUT2D eigenvalue weighted by atomic mass is 9.91. The maximum Gasteiger partial charge on any atom is 0.410 e. The summed E-state index contributed by atoms with van der Waals surface area (Å²) in [7, 11) is 0. The van der Waals surface area contributed by atoms with Crippen molar-refractivity contribution in [2.45, 2.75) is 24.9 Å². The molecule has 1 atom stereocenters. The third-order valence-electron chi connectivity index (χ3n) is 3.99. The van der Waals surface area contributed by atoms with E-state index in [9.17, 15) is 4.79 Å². The summed E-state index contributed by atoms with van der Waals surface area (Å²) in [6, 6.07) is 10.1. The van der Waals surface area contributed by atoms with Gasteiger partial charge in [0.05, 0.1) is 12.1 Å². The van der Waals surface area contributed by atoms with Gasteiger partial charge in [0, 0.05) is 19.5 Å². The van der Waals surface area contributed by atoms with Crippen LogP contribution in [-0.4, -0.2) is 36.2 Å². The monoisotopic (exact) mass is 282 g/mol. The maximum atomic E-state index is 12.0. The Morgan fingerprint density at radius 2 is 2.05 bits per heavy atom. The molecule has 1 N–H and O–H groups in total. The molecule has 0 saturated carbocycles. The van der Waals surface area contributed by atoms with Crippen LogP contribution in [0.25, 0.3) is 0 Å². The van der Waals surface area contributed by atoms with Crippen LogP contribution >= 0.6 is 12.4 Å². The fourth-order valence-electron chi connectivity index (χ4n) is 2.91. The smallest absolute Gasteiger partial charge is 0.410 e. The van der Waals surface area contributed by atoms with Crippen LogP contribution in [-0.2, 0) is 11.3 Å². The van der Waals surface area contributed by atoms with E-state index >= 15 is 0 Å². The summed E-state index contributed by atoms with van der Waals surface area (Å²) in [5.41, 5.74) is 1.12. The van der Waals surface area contributed by atoms with Crippen molar-refractivity contribution in [3.05, 3.63) is 35.9 Å². The Morgan fingerprint density at radius 1 is 1.26 bits per heavy atom. The first-order chi connectivity index (χ1) is 8.80. The summed E-state index contributed by atoms with van der Waals surface area (Å²) in [5.74, 6) is 0. The molecule has 2 aliphatic heterocycles. The van der Waals surface area contributed by atoms with Gasteiger partial charge in [-0.3, -0.25) is 4.90 Å². The third-order valence-corrected chi connectivity index (χ3v) is 3.99. The number of carbonyl (C=O) groups excluding carboxylic acids is 1. The number of benzene rings is 1. The topological polar surface area (TPSA) is 41.6 Å². The molecule has 2 saturated heterocycles. The van der Waals surface area contributed by atoms with Crippen LogP contribution in [0, 0.1) is 0 Å². The van der Waals surface area contributed by atoms with Crippen LogP contribution in [0.1, 0.15) is 18.4 Å². The molecular weight excluding hydrogens is 264 g/mol. The zero-order valence-corrected chi connectivity index (χ0v) is 11.6. The van der Waals surface area contributed by atoms with Crippen LogP contribution in [0.4, 0.5) is 4.79 Å². The van der Waals surface area contributed by atoms with Gasteiger partial charge in [-0.05, 0) is 18.5 Å². The molecule has 0 aliphatic carbocycles. The quantitative estimate of drug-likeness (QED) is 0.904. The lowest BCUT2D eigenvalue weighted by molar-refractivity contribution is -0.000739. The number of hydrogen-bond donors (Lipinski definition) is 1. The van der Waals surface area contributed by atoms with Crippen LogP contribution in [0.5, 0.6) is 0 Å². The normalized spacial score (nSPS) is 26.1. The van der Waals surface area contributed by atoms with E-state index < -0.39 is 0 Å². The van der Waals surface area contributed by atoms with Crippen molar-refractivity contribution in [1.29, 1.82) is 0 Å². The number of nitrogens with one attached hydrogen (secondary N) is 1. The van der Waals surface area contributed by atoms with E-state index in [1.807, 2.05) is 23.1 Å². The number of cyclic esters (lactones) is 1. The van der Waals surface area contributed by atoms with Crippen molar-refractivity contribution < 1.29 is 9.53 Å². The number of ether oxygens (including phenoxy) is 1. The van der Waals surface area contributed by atoms with E-state index in [2.05, 4.69) is 17.4 Å². The Kier molecular flexibility index (Phi) is 4.32. The van der Waals surface area contributed by atoms with Crippen LogP contribution in [0.15, 0.2) is 30.3 Å². The highest BCUT2D eigenvalue weighted by Crippen LogP contribution is 2.32. The molecule has 0 aromatic heterocycles. The largest absolute Gasteiger partial charge is 0.449 e. The van der Waals surface area contributed by atoms with Crippen molar-refractivity contribution in [2.24, 2.45) is 0 Å². The molecule has 2 fully saturated rings. The maximum absolute atomic E-state index is 12.0. The predicted molar refractivity (Wildman–Crippen MR) is 75.4 cm³/mol. The summed E-state index contributed by atoms with van der Waals surface area (Å²) in [6.45, 7) is 3.06. The molecule has 3 rings (SSSR count).